The number of nitrogens with zero attached hydrogens (tertiary/aromatic N) is 1. The van der Waals surface area contributed by atoms with Gasteiger partial charge in [0.2, 0.25) is 0 Å². The molecule has 202 valence electrons. The van der Waals surface area contributed by atoms with Crippen molar-refractivity contribution in [1.29, 1.82) is 0 Å². The molecular weight excluding hydrogens is 466 g/mol. The Morgan fingerprint density at radius 3 is 2.57 bits per heavy atom. The number of carbonyl (C=O) groups is 1. The van der Waals surface area contributed by atoms with Crippen LogP contribution < -0.4 is 9.47 Å². The number of likely N-dealkylation sites (N-methyl/N-ethyl adjacent to an activating group) is 1. The molecule has 0 radical (unpaired) electrons. The molecule has 2 bridgehead atoms. The second kappa shape index (κ2) is 9.30. The maximum atomic E-state index is 12.9. The van der Waals surface area contributed by atoms with Gasteiger partial charge in [0.1, 0.15) is 5.76 Å². The summed E-state index contributed by atoms with van der Waals surface area (Å²) in [4.78, 5) is 15.2. The van der Waals surface area contributed by atoms with Gasteiger partial charge in [-0.05, 0) is 44.0 Å². The van der Waals surface area contributed by atoms with Crippen molar-refractivity contribution in [2.24, 2.45) is 5.41 Å². The highest BCUT2D eigenvalue weighted by Crippen LogP contribution is 2.75. The van der Waals surface area contributed by atoms with E-state index in [2.05, 4.69) is 24.9 Å². The second-order valence-electron chi connectivity index (χ2n) is 12.4. The van der Waals surface area contributed by atoms with Gasteiger partial charge in [0.25, 0.3) is 0 Å². The Balaban J connectivity index is 1.16. The first-order chi connectivity index (χ1) is 17.9. The van der Waals surface area contributed by atoms with Crippen LogP contribution in [0.2, 0.25) is 0 Å². The predicted molar refractivity (Wildman–Crippen MR) is 142 cm³/mol. The van der Waals surface area contributed by atoms with Gasteiger partial charge in [-0.25, -0.2) is 0 Å². The fourth-order valence-corrected chi connectivity index (χ4v) is 8.91. The SMILES string of the molecule is CCCCCCCCCCCC(=O)OC1=CCC2(O)C3N(C)CC34Cc3ccc(OC)c5c3[C@@]2(C4)[C@H]1O5. The van der Waals surface area contributed by atoms with Crippen LogP contribution in [-0.4, -0.2) is 54.4 Å². The molecule has 2 spiro atoms. The molecule has 2 aliphatic heterocycles. The van der Waals surface area contributed by atoms with E-state index in [1.165, 1.54) is 50.5 Å². The summed E-state index contributed by atoms with van der Waals surface area (Å²) in [6, 6.07) is 4.21. The molecule has 37 heavy (non-hydrogen) atoms. The number of rotatable bonds is 12. The van der Waals surface area contributed by atoms with Gasteiger partial charge in [-0.1, -0.05) is 64.4 Å². The van der Waals surface area contributed by atoms with Crippen LogP contribution in [0.4, 0.5) is 0 Å². The summed E-state index contributed by atoms with van der Waals surface area (Å²) in [5.41, 5.74) is 0.815. The molecule has 1 N–H and O–H groups in total. The van der Waals surface area contributed by atoms with Gasteiger partial charge in [0, 0.05) is 36.4 Å². The van der Waals surface area contributed by atoms with Gasteiger partial charge in [0.15, 0.2) is 17.6 Å². The van der Waals surface area contributed by atoms with E-state index in [9.17, 15) is 9.90 Å². The van der Waals surface area contributed by atoms with Gasteiger partial charge >= 0.3 is 5.97 Å². The smallest absolute Gasteiger partial charge is 0.310 e. The third-order valence-electron chi connectivity index (χ3n) is 10.1. The van der Waals surface area contributed by atoms with Gasteiger partial charge in [-0.15, -0.1) is 0 Å². The minimum Gasteiger partial charge on any atom is -0.493 e. The van der Waals surface area contributed by atoms with Crippen LogP contribution in [0.3, 0.4) is 0 Å². The van der Waals surface area contributed by atoms with Crippen LogP contribution in [0.5, 0.6) is 11.5 Å². The lowest BCUT2D eigenvalue weighted by atomic mass is 9.59. The van der Waals surface area contributed by atoms with Crippen LogP contribution in [0.15, 0.2) is 24.0 Å². The molecule has 0 amide bonds. The molecule has 1 saturated carbocycles. The third kappa shape index (κ3) is 3.54. The summed E-state index contributed by atoms with van der Waals surface area (Å²) in [5.74, 6) is 1.81. The van der Waals surface area contributed by atoms with E-state index in [0.717, 1.165) is 43.5 Å². The van der Waals surface area contributed by atoms with E-state index in [1.54, 1.807) is 7.11 Å². The first-order valence-corrected chi connectivity index (χ1v) is 14.6. The number of unbranched alkanes of at least 4 members (excludes halogenated alkanes) is 8. The minimum absolute atomic E-state index is 0.0398. The third-order valence-corrected chi connectivity index (χ3v) is 10.1. The summed E-state index contributed by atoms with van der Waals surface area (Å²) in [6.45, 7) is 3.22. The first-order valence-electron chi connectivity index (χ1n) is 14.6. The summed E-state index contributed by atoms with van der Waals surface area (Å²) in [5, 5.41) is 12.4. The average Bonchev–Trinajstić information content (AvgIpc) is 3.29. The number of benzene rings is 1. The molecule has 1 aromatic carbocycles. The second-order valence-corrected chi connectivity index (χ2v) is 12.4. The van der Waals surface area contributed by atoms with E-state index in [1.807, 2.05) is 12.1 Å². The summed E-state index contributed by atoms with van der Waals surface area (Å²) in [7, 11) is 3.78. The maximum Gasteiger partial charge on any atom is 0.310 e. The molecule has 1 aromatic rings. The Morgan fingerprint density at radius 1 is 1.14 bits per heavy atom. The van der Waals surface area contributed by atoms with Crippen molar-refractivity contribution < 1.29 is 24.1 Å². The molecule has 1 saturated heterocycles. The Bertz CT molecular complexity index is 1100. The first kappa shape index (κ1) is 25.2. The van der Waals surface area contributed by atoms with Crippen molar-refractivity contribution in [2.45, 2.75) is 114 Å². The van der Waals surface area contributed by atoms with Gasteiger partial charge in [-0.3, -0.25) is 9.69 Å². The number of hydrogen-bond acceptors (Lipinski definition) is 6. The molecule has 5 aliphatic rings. The number of ether oxygens (including phenoxy) is 3. The van der Waals surface area contributed by atoms with Crippen molar-refractivity contribution in [2.75, 3.05) is 20.7 Å². The topological polar surface area (TPSA) is 68.2 Å². The molecular formula is C31H43NO5. The molecule has 3 aliphatic carbocycles. The molecule has 2 fully saturated rings. The molecule has 0 aromatic heterocycles. The van der Waals surface area contributed by atoms with E-state index >= 15 is 0 Å². The lowest BCUT2D eigenvalue weighted by Gasteiger charge is -2.56. The summed E-state index contributed by atoms with van der Waals surface area (Å²) in [6.07, 6.45) is 15.1. The van der Waals surface area contributed by atoms with Crippen molar-refractivity contribution in [3.8, 4) is 11.5 Å². The fourth-order valence-electron chi connectivity index (χ4n) is 8.91. The van der Waals surface area contributed by atoms with Crippen LogP contribution in [0.25, 0.3) is 0 Å². The highest BCUT2D eigenvalue weighted by atomic mass is 16.6. The van der Waals surface area contributed by atoms with Crippen molar-refractivity contribution in [1.82, 2.24) is 4.90 Å². The summed E-state index contributed by atoms with van der Waals surface area (Å²) >= 11 is 0. The molecule has 5 atom stereocenters. The zero-order chi connectivity index (χ0) is 25.8. The van der Waals surface area contributed by atoms with Gasteiger partial charge in [-0.2, -0.15) is 0 Å². The zero-order valence-electron chi connectivity index (χ0n) is 22.8. The lowest BCUT2D eigenvalue weighted by Crippen LogP contribution is -2.70. The Morgan fingerprint density at radius 2 is 1.86 bits per heavy atom. The molecule has 6 nitrogen and oxygen atoms in total. The predicted octanol–water partition coefficient (Wildman–Crippen LogP) is 5.44. The number of aliphatic hydroxyl groups is 1. The zero-order valence-corrected chi connectivity index (χ0v) is 22.8. The van der Waals surface area contributed by atoms with E-state index in [-0.39, 0.29) is 17.4 Å². The quantitative estimate of drug-likeness (QED) is 0.299. The van der Waals surface area contributed by atoms with Crippen molar-refractivity contribution in [3.05, 3.63) is 35.1 Å². The van der Waals surface area contributed by atoms with E-state index < -0.39 is 17.1 Å². The van der Waals surface area contributed by atoms with Crippen molar-refractivity contribution >= 4 is 5.97 Å². The minimum atomic E-state index is -0.958. The maximum absolute atomic E-state index is 12.9. The number of esters is 1. The number of hydrogen-bond donors (Lipinski definition) is 1. The molecule has 3 unspecified atom stereocenters. The average molecular weight is 510 g/mol. The number of carbonyl (C=O) groups excluding carboxylic acids is 1. The molecule has 6 rings (SSSR count). The normalized spacial score (nSPS) is 34.2. The highest BCUT2D eigenvalue weighted by Gasteiger charge is 2.82. The van der Waals surface area contributed by atoms with E-state index in [0.29, 0.717) is 24.4 Å². The van der Waals surface area contributed by atoms with Crippen LogP contribution in [0, 0.1) is 5.41 Å². The Hall–Kier alpha value is -2.05. The summed E-state index contributed by atoms with van der Waals surface area (Å²) < 4.78 is 18.3. The number of methoxy groups -OCH3 is 1. The highest BCUT2D eigenvalue weighted by molar-refractivity contribution is 5.72. The van der Waals surface area contributed by atoms with Crippen LogP contribution in [0.1, 0.15) is 95.1 Å². The molecule has 6 heteroatoms. The van der Waals surface area contributed by atoms with Gasteiger partial charge in [0.05, 0.1) is 18.1 Å². The molecule has 2 heterocycles. The Kier molecular flexibility index (Phi) is 6.35. The van der Waals surface area contributed by atoms with E-state index in [4.69, 9.17) is 14.2 Å². The fraction of sp³-hybridized carbons (Fsp3) is 0.710. The monoisotopic (exact) mass is 509 g/mol. The van der Waals surface area contributed by atoms with Crippen LogP contribution >= 0.6 is 0 Å². The van der Waals surface area contributed by atoms with Crippen LogP contribution in [-0.2, 0) is 21.4 Å². The Labute approximate surface area is 221 Å². The number of fused-ring (bicyclic) bond motifs is 1. The number of likely N-dealkylation sites (tertiary alicyclic amines) is 1. The lowest BCUT2D eigenvalue weighted by molar-refractivity contribution is -0.152. The van der Waals surface area contributed by atoms with Crippen molar-refractivity contribution in [3.63, 3.8) is 0 Å². The largest absolute Gasteiger partial charge is 0.493 e. The van der Waals surface area contributed by atoms with Gasteiger partial charge < -0.3 is 19.3 Å². The standard InChI is InChI=1S/C31H43NO5/c1-4-5-6-7-8-9-10-11-12-13-24(33)36-23-16-17-31(34)28-29(20-32(28)2)18-21-14-15-22(35-3)26-25(21)30(31,19-29)27(23)37-26/h14-16,27-28,34H,4-13,17-20H2,1-3H3/t27-,28?,29?,30-,31?/m0/s1.